The van der Waals surface area contributed by atoms with Crippen LogP contribution in [0.25, 0.3) is 0 Å². The number of nitrogens with two attached hydrogens (primary N) is 1. The zero-order chi connectivity index (χ0) is 40.1. The monoisotopic (exact) mass is 792 g/mol. The third kappa shape index (κ3) is 14.6. The van der Waals surface area contributed by atoms with Crippen LogP contribution in [0.4, 0.5) is 0 Å². The molecular weight excluding hydrogens is 733 g/mol. The Morgan fingerprint density at radius 1 is 0.782 bits per heavy atom. The molecule has 2 saturated carbocycles. The van der Waals surface area contributed by atoms with Crippen LogP contribution < -0.4 is 11.1 Å². The number of benzene rings is 2. The second-order valence-corrected chi connectivity index (χ2v) is 17.2. The molecule has 0 unspecified atom stereocenters. The molecular formula is C42H60N6O5S2. The smallest absolute Gasteiger partial charge is 0.304 e. The van der Waals surface area contributed by atoms with Crippen molar-refractivity contribution in [1.29, 1.82) is 0 Å². The highest BCUT2D eigenvalue weighted by Crippen LogP contribution is 2.46. The predicted molar refractivity (Wildman–Crippen MR) is 222 cm³/mol. The highest BCUT2D eigenvalue weighted by molar-refractivity contribution is 7.09. The molecule has 2 heterocycles. The van der Waals surface area contributed by atoms with Crippen molar-refractivity contribution in [3.8, 4) is 11.5 Å². The Labute approximate surface area is 334 Å². The van der Waals surface area contributed by atoms with Crippen LogP contribution >= 0.6 is 22.7 Å². The third-order valence-electron chi connectivity index (χ3n) is 10.6. The van der Waals surface area contributed by atoms with Crippen LogP contribution in [0, 0.1) is 25.7 Å². The second kappa shape index (κ2) is 21.4. The van der Waals surface area contributed by atoms with Gasteiger partial charge in [0.05, 0.1) is 17.4 Å². The number of hydrogen-bond donors (Lipinski definition) is 5. The number of carboxylic acid groups (broad SMARTS) is 1. The number of aromatic nitrogens is 2. The van der Waals surface area contributed by atoms with Gasteiger partial charge in [-0.05, 0) is 139 Å². The normalized spacial score (nSPS) is 15.9. The van der Waals surface area contributed by atoms with Crippen molar-refractivity contribution in [3.63, 3.8) is 0 Å². The zero-order valence-corrected chi connectivity index (χ0v) is 34.8. The molecule has 0 bridgehead atoms. The number of aliphatic carboxylic acids is 1. The number of phenols is 2. The highest BCUT2D eigenvalue weighted by atomic mass is 32.1. The van der Waals surface area contributed by atoms with E-state index in [2.05, 4.69) is 25.1 Å². The topological polar surface area (TPSA) is 165 Å². The lowest BCUT2D eigenvalue weighted by Crippen LogP contribution is -2.42. The molecule has 1 amide bonds. The van der Waals surface area contributed by atoms with Gasteiger partial charge in [0.25, 0.3) is 0 Å². The van der Waals surface area contributed by atoms with Gasteiger partial charge in [0.1, 0.15) is 11.5 Å². The Morgan fingerprint density at radius 2 is 1.24 bits per heavy atom. The van der Waals surface area contributed by atoms with Crippen molar-refractivity contribution in [3.05, 3.63) is 91.8 Å². The van der Waals surface area contributed by atoms with Crippen molar-refractivity contribution < 1.29 is 24.9 Å². The fourth-order valence-electron chi connectivity index (χ4n) is 6.75. The third-order valence-corrected chi connectivity index (χ3v) is 12.5. The van der Waals surface area contributed by atoms with Gasteiger partial charge in [0.2, 0.25) is 5.91 Å². The maximum absolute atomic E-state index is 12.6. The number of phenolic OH excluding ortho intramolecular Hbond substituents is 2. The van der Waals surface area contributed by atoms with Crippen LogP contribution in [0.2, 0.25) is 0 Å². The number of aryl methyl sites for hydroxylation is 2. The predicted octanol–water partition coefficient (Wildman–Crippen LogP) is 6.57. The van der Waals surface area contributed by atoms with Crippen molar-refractivity contribution in [2.75, 3.05) is 41.3 Å². The number of carbonyl (C=O) groups is 2. The van der Waals surface area contributed by atoms with E-state index in [-0.39, 0.29) is 24.3 Å². The van der Waals surface area contributed by atoms with E-state index in [1.54, 1.807) is 58.6 Å². The van der Waals surface area contributed by atoms with Crippen LogP contribution in [0.3, 0.4) is 0 Å². The Bertz CT molecular complexity index is 1760. The van der Waals surface area contributed by atoms with E-state index in [9.17, 15) is 19.8 Å². The lowest BCUT2D eigenvalue weighted by Gasteiger charge is -2.26. The van der Waals surface area contributed by atoms with Gasteiger partial charge in [0, 0.05) is 65.6 Å². The van der Waals surface area contributed by atoms with E-state index in [4.69, 9.17) is 10.8 Å². The summed E-state index contributed by atoms with van der Waals surface area (Å²) in [6.07, 6.45) is 11.1. The second-order valence-electron chi connectivity index (χ2n) is 15.4. The molecule has 11 nitrogen and oxygen atoms in total. The van der Waals surface area contributed by atoms with Gasteiger partial charge in [-0.3, -0.25) is 19.6 Å². The van der Waals surface area contributed by atoms with Crippen molar-refractivity contribution in [2.45, 2.75) is 89.1 Å². The van der Waals surface area contributed by atoms with Gasteiger partial charge < -0.3 is 36.2 Å². The number of carboxylic acids is 1. The van der Waals surface area contributed by atoms with E-state index in [1.165, 1.54) is 41.7 Å². The summed E-state index contributed by atoms with van der Waals surface area (Å²) >= 11 is 3.22. The van der Waals surface area contributed by atoms with Crippen molar-refractivity contribution in [2.24, 2.45) is 17.6 Å². The lowest BCUT2D eigenvalue weighted by atomic mass is 9.97. The minimum atomic E-state index is -0.703. The van der Waals surface area contributed by atoms with E-state index in [1.807, 2.05) is 65.9 Å². The number of hydrogen-bond acceptors (Lipinski definition) is 11. The largest absolute Gasteiger partial charge is 0.508 e. The minimum Gasteiger partial charge on any atom is -0.508 e. The number of aromatic hydroxyl groups is 2. The van der Waals surface area contributed by atoms with Gasteiger partial charge >= 0.3 is 5.97 Å². The van der Waals surface area contributed by atoms with E-state index < -0.39 is 5.97 Å². The fraction of sp³-hybridized carbons (Fsp3) is 0.524. The molecule has 2 aliphatic carbocycles. The van der Waals surface area contributed by atoms with Gasteiger partial charge in [-0.2, -0.15) is 0 Å². The maximum atomic E-state index is 12.6. The summed E-state index contributed by atoms with van der Waals surface area (Å²) in [6.45, 7) is 5.29. The molecule has 4 atom stereocenters. The summed E-state index contributed by atoms with van der Waals surface area (Å²) in [6, 6.07) is 11.5. The Morgan fingerprint density at radius 3 is 1.60 bits per heavy atom. The number of nitrogens with zero attached hydrogens (tertiary/aromatic N) is 4. The van der Waals surface area contributed by atoms with Crippen molar-refractivity contribution >= 4 is 34.6 Å². The molecule has 2 aliphatic rings. The first kappa shape index (κ1) is 43.8. The molecule has 2 aromatic heterocycles. The average Bonchev–Trinajstić information content (AvgIpc) is 4.04. The summed E-state index contributed by atoms with van der Waals surface area (Å²) in [4.78, 5) is 38.0. The van der Waals surface area contributed by atoms with E-state index >= 15 is 0 Å². The molecule has 0 spiro atoms. The number of likely N-dealkylation sites (N-methyl/N-ethyl adjacent to an activating group) is 2. The Balaban J connectivity index is 0.000000202. The molecule has 300 valence electrons. The summed E-state index contributed by atoms with van der Waals surface area (Å²) in [7, 11) is 8.15. The Kier molecular flexibility index (Phi) is 17.1. The molecule has 55 heavy (non-hydrogen) atoms. The van der Waals surface area contributed by atoms with E-state index in [0.29, 0.717) is 54.8 Å². The van der Waals surface area contributed by atoms with Gasteiger partial charge in [-0.1, -0.05) is 12.1 Å². The Hall–Kier alpha value is -3.88. The number of rotatable bonds is 17. The summed E-state index contributed by atoms with van der Waals surface area (Å²) in [5.41, 5.74) is 14.0. The quantitative estimate of drug-likeness (QED) is 0.0790. The van der Waals surface area contributed by atoms with Crippen LogP contribution in [-0.2, 0) is 22.4 Å². The molecule has 0 saturated heterocycles. The van der Waals surface area contributed by atoms with Crippen LogP contribution in [0.15, 0.2) is 59.8 Å². The molecule has 2 aromatic carbocycles. The summed E-state index contributed by atoms with van der Waals surface area (Å²) in [5, 5.41) is 30.8. The number of thiazole rings is 2. The van der Waals surface area contributed by atoms with E-state index in [0.717, 1.165) is 28.8 Å². The minimum absolute atomic E-state index is 0.120. The lowest BCUT2D eigenvalue weighted by molar-refractivity contribution is -0.137. The van der Waals surface area contributed by atoms with Gasteiger partial charge in [-0.25, -0.2) is 0 Å². The van der Waals surface area contributed by atoms with Crippen LogP contribution in [-0.4, -0.2) is 100 Å². The first-order valence-electron chi connectivity index (χ1n) is 19.1. The van der Waals surface area contributed by atoms with Crippen molar-refractivity contribution in [1.82, 2.24) is 25.1 Å². The molecule has 6 N–H and O–H groups in total. The van der Waals surface area contributed by atoms with Gasteiger partial charge in [-0.15, -0.1) is 22.7 Å². The number of amides is 1. The van der Waals surface area contributed by atoms with Crippen LogP contribution in [0.5, 0.6) is 11.5 Å². The molecule has 13 heteroatoms. The number of nitrogens with one attached hydrogen (secondary N) is 1. The number of carbonyl (C=O) groups excluding carboxylic acids is 1. The molecule has 0 radical (unpaired) electrons. The molecule has 0 aliphatic heterocycles. The molecule has 2 fully saturated rings. The fourth-order valence-corrected chi connectivity index (χ4v) is 8.38. The first-order chi connectivity index (χ1) is 26.2. The van der Waals surface area contributed by atoms with Crippen LogP contribution in [0.1, 0.15) is 82.4 Å². The summed E-state index contributed by atoms with van der Waals surface area (Å²) < 4.78 is 0. The maximum Gasteiger partial charge on any atom is 0.304 e. The standard InChI is InChI=1S/C21H29N3O2S.C12H20N2O.C9H11NO2S/c1-14-8-18(25)7-6-16(14)9-17(24(2)3)11-23-21(26)10-19(15-4-5-15)20-12-22-13-27-20;1-9-6-12(15)5-4-10(9)7-11(8-13)14(2)3;11-9(12)3-7(6-1-2-6)8-4-10-5-13-8/h6-8,12-13,15,17,19,25H,4-5,9-11H2,1-3H3,(H,23,26);4-6,11,15H,7-8,13H2,1-3H3;4-7H,1-3H2,(H,11,12)/t17-,19-;11-;7-/m000/s1. The average molecular weight is 793 g/mol. The molecule has 6 rings (SSSR count). The molecule has 4 aromatic rings. The SMILES string of the molecule is Cc1cc(O)ccc1C[C@@H](CN)N(C)C.Cc1cc(O)ccc1C[C@@H](CNC(=O)C[C@H](c1cncs1)C1CC1)N(C)C.O=C(O)C[C@H](c1cncs1)C1CC1. The zero-order valence-electron chi connectivity index (χ0n) is 33.1. The highest BCUT2D eigenvalue weighted by Gasteiger charge is 2.35. The first-order valence-corrected chi connectivity index (χ1v) is 20.9. The van der Waals surface area contributed by atoms with Gasteiger partial charge in [0.15, 0.2) is 0 Å². The summed E-state index contributed by atoms with van der Waals surface area (Å²) in [5.74, 6) is 1.79.